The minimum Gasteiger partial charge on any atom is -0.390 e. The number of nitrogens with one attached hydrogen (secondary N) is 2. The molecule has 10 nitrogen and oxygen atoms in total. The van der Waals surface area contributed by atoms with Gasteiger partial charge >= 0.3 is 0 Å². The number of carbonyl (C=O) groups is 1. The van der Waals surface area contributed by atoms with Crippen LogP contribution in [0.5, 0.6) is 0 Å². The number of amides is 1. The molecule has 0 saturated carbocycles. The number of halogens is 2. The van der Waals surface area contributed by atoms with E-state index < -0.39 is 11.9 Å². The second kappa shape index (κ2) is 10.8. The number of nitrogens with zero attached hydrogens (tertiary/aromatic N) is 3. The molecule has 1 aliphatic heterocycles. The zero-order valence-electron chi connectivity index (χ0n) is 15.5. The molecule has 1 amide bonds. The topological polar surface area (TPSA) is 142 Å². The molecule has 30 heavy (non-hydrogen) atoms. The third kappa shape index (κ3) is 5.98. The summed E-state index contributed by atoms with van der Waals surface area (Å²) in [6, 6.07) is 4.05. The Bertz CT molecular complexity index is 914. The lowest BCUT2D eigenvalue weighted by Gasteiger charge is -2.27. The van der Waals surface area contributed by atoms with Gasteiger partial charge < -0.3 is 15.2 Å². The summed E-state index contributed by atoms with van der Waals surface area (Å²) in [5.74, 6) is -0.828. The maximum absolute atomic E-state index is 13.4. The number of aliphatic imine (C=N–C) groups is 1. The first-order valence-electron chi connectivity index (χ1n) is 8.90. The Morgan fingerprint density at radius 2 is 2.27 bits per heavy atom. The number of aliphatic hydroxyl groups excluding tert-OH is 1. The summed E-state index contributed by atoms with van der Waals surface area (Å²) in [7, 11) is 0. The standard InChI is InChI=1S/C17H19BrFN5O5S/c18-11-5-10(1-2-12(11)19)21-16(22-27)15-17(24-29-23-15)30-8-14(26)20-6-9-3-4-28-7-13(9)25/h1-2,5,9,13,25,27H,3-4,6-8H2,(H,20,26)(H,21,22)/t9-,13-/m1/s1. The molecule has 0 aliphatic carbocycles. The zero-order chi connectivity index (χ0) is 21.5. The number of rotatable bonds is 7. The molecule has 1 aromatic carbocycles. The molecule has 1 aliphatic rings. The zero-order valence-corrected chi connectivity index (χ0v) is 17.9. The molecule has 3 rings (SSSR count). The van der Waals surface area contributed by atoms with E-state index in [4.69, 9.17) is 9.37 Å². The van der Waals surface area contributed by atoms with Gasteiger partial charge in [0, 0.05) is 19.1 Å². The Labute approximate surface area is 183 Å². The van der Waals surface area contributed by atoms with Crippen LogP contribution in [0.1, 0.15) is 12.1 Å². The second-order valence-electron chi connectivity index (χ2n) is 6.37. The van der Waals surface area contributed by atoms with Crippen molar-refractivity contribution in [3.05, 3.63) is 34.2 Å². The van der Waals surface area contributed by atoms with Gasteiger partial charge in [-0.05, 0) is 50.9 Å². The highest BCUT2D eigenvalue weighted by Gasteiger charge is 2.24. The highest BCUT2D eigenvalue weighted by Crippen LogP contribution is 2.24. The number of ether oxygens (including phenoxy) is 1. The Morgan fingerprint density at radius 1 is 1.43 bits per heavy atom. The molecule has 0 spiro atoms. The van der Waals surface area contributed by atoms with Crippen molar-refractivity contribution in [1.82, 2.24) is 21.1 Å². The van der Waals surface area contributed by atoms with Crippen molar-refractivity contribution in [3.8, 4) is 0 Å². The Kier molecular flexibility index (Phi) is 8.16. The van der Waals surface area contributed by atoms with Crippen molar-refractivity contribution in [2.24, 2.45) is 10.9 Å². The number of hydrogen-bond acceptors (Lipinski definition) is 9. The van der Waals surface area contributed by atoms with Gasteiger partial charge in [-0.25, -0.2) is 14.0 Å². The summed E-state index contributed by atoms with van der Waals surface area (Å²) in [5.41, 5.74) is 2.35. The smallest absolute Gasteiger partial charge is 0.230 e. The summed E-state index contributed by atoms with van der Waals surface area (Å²) in [6.07, 6.45) is 0.0758. The fourth-order valence-electron chi connectivity index (χ4n) is 2.67. The van der Waals surface area contributed by atoms with E-state index in [0.717, 1.165) is 11.8 Å². The van der Waals surface area contributed by atoms with E-state index in [1.54, 1.807) is 0 Å². The Balaban J connectivity index is 1.60. The number of aromatic nitrogens is 2. The van der Waals surface area contributed by atoms with Crippen LogP contribution in [0.3, 0.4) is 0 Å². The van der Waals surface area contributed by atoms with Crippen LogP contribution in [0.2, 0.25) is 0 Å². The number of hydroxylamine groups is 1. The maximum atomic E-state index is 13.4. The van der Waals surface area contributed by atoms with Gasteiger partial charge in [0.2, 0.25) is 5.91 Å². The molecule has 0 bridgehead atoms. The third-order valence-electron chi connectivity index (χ3n) is 4.30. The van der Waals surface area contributed by atoms with E-state index in [2.05, 4.69) is 36.6 Å². The van der Waals surface area contributed by atoms with Crippen LogP contribution in [0.4, 0.5) is 10.1 Å². The van der Waals surface area contributed by atoms with Crippen molar-refractivity contribution >= 4 is 45.1 Å². The summed E-state index contributed by atoms with van der Waals surface area (Å²) >= 11 is 4.11. The first-order chi connectivity index (χ1) is 14.5. The highest BCUT2D eigenvalue weighted by molar-refractivity contribution is 9.10. The fourth-order valence-corrected chi connectivity index (χ4v) is 3.76. The molecule has 1 saturated heterocycles. The van der Waals surface area contributed by atoms with E-state index >= 15 is 0 Å². The molecular weight excluding hydrogens is 485 g/mol. The third-order valence-corrected chi connectivity index (χ3v) is 5.86. The van der Waals surface area contributed by atoms with Gasteiger partial charge in [0.1, 0.15) is 5.82 Å². The lowest BCUT2D eigenvalue weighted by Crippen LogP contribution is -2.40. The van der Waals surface area contributed by atoms with Crippen molar-refractivity contribution in [2.75, 3.05) is 25.5 Å². The summed E-state index contributed by atoms with van der Waals surface area (Å²) in [4.78, 5) is 16.3. The van der Waals surface area contributed by atoms with Crippen molar-refractivity contribution in [2.45, 2.75) is 17.6 Å². The van der Waals surface area contributed by atoms with E-state index in [1.807, 2.05) is 5.48 Å². The van der Waals surface area contributed by atoms with Crippen LogP contribution in [-0.2, 0) is 9.53 Å². The molecule has 2 atom stereocenters. The maximum Gasteiger partial charge on any atom is 0.230 e. The first kappa shape index (κ1) is 22.6. The monoisotopic (exact) mass is 503 g/mol. The van der Waals surface area contributed by atoms with Crippen LogP contribution in [0, 0.1) is 11.7 Å². The molecule has 1 fully saturated rings. The number of thioether (sulfide) groups is 1. The molecular formula is C17H19BrFN5O5S. The molecule has 1 aromatic heterocycles. The van der Waals surface area contributed by atoms with Gasteiger partial charge in [-0.3, -0.25) is 15.5 Å². The van der Waals surface area contributed by atoms with Gasteiger partial charge in [0.05, 0.1) is 28.6 Å². The summed E-state index contributed by atoms with van der Waals surface area (Å²) in [5, 5.41) is 29.7. The van der Waals surface area contributed by atoms with E-state index in [1.165, 1.54) is 18.2 Å². The Hall–Kier alpha value is -2.06. The molecule has 0 radical (unpaired) electrons. The average molecular weight is 504 g/mol. The number of benzene rings is 1. The lowest BCUT2D eigenvalue weighted by atomic mass is 9.97. The predicted octanol–water partition coefficient (Wildman–Crippen LogP) is 1.63. The lowest BCUT2D eigenvalue weighted by molar-refractivity contribution is -0.119. The number of hydrogen-bond donors (Lipinski definition) is 4. The average Bonchev–Trinajstić information content (AvgIpc) is 3.21. The van der Waals surface area contributed by atoms with E-state index in [9.17, 15) is 19.5 Å². The van der Waals surface area contributed by atoms with Crippen molar-refractivity contribution < 1.29 is 28.9 Å². The molecule has 13 heteroatoms. The molecule has 2 heterocycles. The SMILES string of the molecule is O=C(CSc1nonc1C(=Nc1ccc(F)c(Br)c1)NO)NC[C@H]1CCOC[C@H]1O. The predicted molar refractivity (Wildman–Crippen MR) is 108 cm³/mol. The van der Waals surface area contributed by atoms with Gasteiger partial charge in [-0.1, -0.05) is 11.8 Å². The minimum absolute atomic E-state index is 0.0152. The summed E-state index contributed by atoms with van der Waals surface area (Å²) < 4.78 is 23.5. The first-order valence-corrected chi connectivity index (χ1v) is 10.7. The molecule has 2 aromatic rings. The minimum atomic E-state index is -0.598. The second-order valence-corrected chi connectivity index (χ2v) is 8.19. The van der Waals surface area contributed by atoms with Crippen molar-refractivity contribution in [3.63, 3.8) is 0 Å². The van der Waals surface area contributed by atoms with E-state index in [-0.39, 0.29) is 45.2 Å². The van der Waals surface area contributed by atoms with Gasteiger partial charge in [0.25, 0.3) is 0 Å². The van der Waals surface area contributed by atoms with E-state index in [0.29, 0.717) is 25.3 Å². The van der Waals surface area contributed by atoms with Crippen LogP contribution < -0.4 is 10.8 Å². The number of amidine groups is 1. The fraction of sp³-hybridized carbons (Fsp3) is 0.412. The van der Waals surface area contributed by atoms with Crippen LogP contribution in [0.15, 0.2) is 37.3 Å². The number of aliphatic hydroxyl groups is 1. The normalized spacial score (nSPS) is 19.5. The van der Waals surface area contributed by atoms with Crippen LogP contribution >= 0.6 is 27.7 Å². The van der Waals surface area contributed by atoms with Crippen molar-refractivity contribution in [1.29, 1.82) is 0 Å². The molecule has 4 N–H and O–H groups in total. The van der Waals surface area contributed by atoms with Gasteiger partial charge in [-0.15, -0.1) is 0 Å². The largest absolute Gasteiger partial charge is 0.390 e. The Morgan fingerprint density at radius 3 is 3.00 bits per heavy atom. The highest BCUT2D eigenvalue weighted by atomic mass is 79.9. The summed E-state index contributed by atoms with van der Waals surface area (Å²) in [6.45, 7) is 1.17. The molecule has 162 valence electrons. The van der Waals surface area contributed by atoms with Gasteiger partial charge in [0.15, 0.2) is 16.6 Å². The molecule has 0 unspecified atom stereocenters. The number of carbonyl (C=O) groups excluding carboxylic acids is 1. The van der Waals surface area contributed by atoms with Crippen LogP contribution in [0.25, 0.3) is 0 Å². The van der Waals surface area contributed by atoms with Gasteiger partial charge in [-0.2, -0.15) is 0 Å². The van der Waals surface area contributed by atoms with Crippen LogP contribution in [-0.4, -0.2) is 64.0 Å². The quantitative estimate of drug-likeness (QED) is 0.192.